The van der Waals surface area contributed by atoms with Crippen LogP contribution in [0.3, 0.4) is 0 Å². The number of nitrogens with one attached hydrogen (secondary N) is 1. The standard InChI is InChI=1S/C13H21N3OS/c1-10(18-13-14-8-9-15-13)12(17)16(2)11-6-4-3-5-7-11/h8-11H,3-7H2,1-2H3,(H,14,15). The number of rotatable bonds is 4. The summed E-state index contributed by atoms with van der Waals surface area (Å²) < 4.78 is 0. The van der Waals surface area contributed by atoms with Gasteiger partial charge in [0.2, 0.25) is 5.91 Å². The zero-order valence-corrected chi connectivity index (χ0v) is 11.9. The van der Waals surface area contributed by atoms with Gasteiger partial charge in [0.1, 0.15) is 0 Å². The van der Waals surface area contributed by atoms with Crippen molar-refractivity contribution in [1.29, 1.82) is 0 Å². The summed E-state index contributed by atoms with van der Waals surface area (Å²) in [5, 5.41) is 0.732. The molecule has 5 heteroatoms. The molecule has 1 fully saturated rings. The van der Waals surface area contributed by atoms with Gasteiger partial charge in [0.25, 0.3) is 0 Å². The molecule has 18 heavy (non-hydrogen) atoms. The van der Waals surface area contributed by atoms with Crippen LogP contribution >= 0.6 is 11.8 Å². The van der Waals surface area contributed by atoms with Crippen LogP contribution in [0.2, 0.25) is 0 Å². The van der Waals surface area contributed by atoms with Gasteiger partial charge in [-0.15, -0.1) is 0 Å². The second kappa shape index (κ2) is 6.27. The maximum Gasteiger partial charge on any atom is 0.235 e. The number of carbonyl (C=O) groups excluding carboxylic acids is 1. The molecule has 0 bridgehead atoms. The Kier molecular flexibility index (Phi) is 4.69. The van der Waals surface area contributed by atoms with Crippen LogP contribution in [-0.2, 0) is 4.79 Å². The topological polar surface area (TPSA) is 49.0 Å². The normalized spacial score (nSPS) is 18.6. The Hall–Kier alpha value is -0.970. The molecule has 1 amide bonds. The van der Waals surface area contributed by atoms with E-state index in [-0.39, 0.29) is 11.2 Å². The lowest BCUT2D eigenvalue weighted by molar-refractivity contribution is -0.131. The largest absolute Gasteiger partial charge is 0.342 e. The van der Waals surface area contributed by atoms with E-state index in [1.165, 1.54) is 31.0 Å². The van der Waals surface area contributed by atoms with Crippen LogP contribution in [0.25, 0.3) is 0 Å². The van der Waals surface area contributed by atoms with Crippen LogP contribution in [0.5, 0.6) is 0 Å². The summed E-state index contributed by atoms with van der Waals surface area (Å²) in [5.74, 6) is 0.211. The van der Waals surface area contributed by atoms with E-state index in [2.05, 4.69) is 9.97 Å². The number of imidazole rings is 1. The number of carbonyl (C=O) groups is 1. The molecule has 1 unspecified atom stereocenters. The minimum atomic E-state index is -0.0805. The van der Waals surface area contributed by atoms with Crippen molar-refractivity contribution < 1.29 is 4.79 Å². The Bertz CT molecular complexity index is 374. The Balaban J connectivity index is 1.88. The molecule has 0 saturated heterocycles. The van der Waals surface area contributed by atoms with Crippen molar-refractivity contribution >= 4 is 17.7 Å². The van der Waals surface area contributed by atoms with Gasteiger partial charge in [0.15, 0.2) is 5.16 Å². The highest BCUT2D eigenvalue weighted by Crippen LogP contribution is 2.25. The fourth-order valence-electron chi connectivity index (χ4n) is 2.47. The molecule has 1 aliphatic rings. The molecular weight excluding hydrogens is 246 g/mol. The molecule has 1 saturated carbocycles. The molecule has 0 aliphatic heterocycles. The number of nitrogens with zero attached hydrogens (tertiary/aromatic N) is 2. The van der Waals surface area contributed by atoms with Crippen LogP contribution in [0.4, 0.5) is 0 Å². The fraction of sp³-hybridized carbons (Fsp3) is 0.692. The van der Waals surface area contributed by atoms with E-state index < -0.39 is 0 Å². The number of amides is 1. The van der Waals surface area contributed by atoms with E-state index in [9.17, 15) is 4.79 Å². The molecular formula is C13H21N3OS. The first-order valence-corrected chi connectivity index (χ1v) is 7.49. The van der Waals surface area contributed by atoms with Crippen molar-refractivity contribution in [2.75, 3.05) is 7.05 Å². The van der Waals surface area contributed by atoms with E-state index in [0.717, 1.165) is 18.0 Å². The van der Waals surface area contributed by atoms with Gasteiger partial charge in [-0.2, -0.15) is 0 Å². The molecule has 0 spiro atoms. The third-order valence-electron chi connectivity index (χ3n) is 3.58. The van der Waals surface area contributed by atoms with Gasteiger partial charge >= 0.3 is 0 Å². The summed E-state index contributed by atoms with van der Waals surface area (Å²) in [5.41, 5.74) is 0. The van der Waals surface area contributed by atoms with Crippen molar-refractivity contribution in [2.45, 2.75) is 55.5 Å². The highest BCUT2D eigenvalue weighted by atomic mass is 32.2. The number of thioether (sulfide) groups is 1. The average molecular weight is 267 g/mol. The van der Waals surface area contributed by atoms with E-state index in [1.807, 2.05) is 18.9 Å². The number of H-pyrrole nitrogens is 1. The molecule has 1 aromatic heterocycles. The van der Waals surface area contributed by atoms with Gasteiger partial charge in [0.05, 0.1) is 5.25 Å². The number of hydrogen-bond acceptors (Lipinski definition) is 3. The van der Waals surface area contributed by atoms with Crippen LogP contribution in [-0.4, -0.2) is 39.1 Å². The van der Waals surface area contributed by atoms with E-state index in [4.69, 9.17) is 0 Å². The number of aromatic amines is 1. The summed E-state index contributed by atoms with van der Waals surface area (Å²) in [7, 11) is 1.94. The van der Waals surface area contributed by atoms with Crippen molar-refractivity contribution in [2.24, 2.45) is 0 Å². The summed E-state index contributed by atoms with van der Waals surface area (Å²) >= 11 is 1.49. The van der Waals surface area contributed by atoms with Crippen LogP contribution in [0.1, 0.15) is 39.0 Å². The van der Waals surface area contributed by atoms with E-state index >= 15 is 0 Å². The first-order chi connectivity index (χ1) is 8.68. The Morgan fingerprint density at radius 2 is 2.22 bits per heavy atom. The molecule has 1 aliphatic carbocycles. The molecule has 100 valence electrons. The van der Waals surface area contributed by atoms with Gasteiger partial charge in [-0.05, 0) is 19.8 Å². The summed E-state index contributed by atoms with van der Waals surface area (Å²) in [6, 6.07) is 0.436. The third-order valence-corrected chi connectivity index (χ3v) is 4.58. The Morgan fingerprint density at radius 1 is 1.50 bits per heavy atom. The smallest absolute Gasteiger partial charge is 0.235 e. The maximum atomic E-state index is 12.3. The molecule has 1 atom stereocenters. The van der Waals surface area contributed by atoms with E-state index in [1.54, 1.807) is 12.4 Å². The Labute approximate surface area is 113 Å². The van der Waals surface area contributed by atoms with Crippen molar-refractivity contribution in [3.63, 3.8) is 0 Å². The van der Waals surface area contributed by atoms with Crippen LogP contribution in [0, 0.1) is 0 Å². The molecule has 1 aromatic rings. The second-order valence-corrected chi connectivity index (χ2v) is 6.22. The SMILES string of the molecule is CC(Sc1ncc[nH]1)C(=O)N(C)C1CCCCC1. The van der Waals surface area contributed by atoms with Gasteiger partial charge in [0, 0.05) is 25.5 Å². The second-order valence-electron chi connectivity index (χ2n) is 4.90. The average Bonchev–Trinajstić information content (AvgIpc) is 2.91. The first kappa shape index (κ1) is 13.5. The maximum absolute atomic E-state index is 12.3. The quantitative estimate of drug-likeness (QED) is 0.853. The van der Waals surface area contributed by atoms with Crippen molar-refractivity contribution in [3.8, 4) is 0 Å². The number of hydrogen-bond donors (Lipinski definition) is 1. The lowest BCUT2D eigenvalue weighted by Crippen LogP contribution is -2.42. The van der Waals surface area contributed by atoms with Gasteiger partial charge in [-0.1, -0.05) is 31.0 Å². The highest BCUT2D eigenvalue weighted by molar-refractivity contribution is 8.00. The van der Waals surface area contributed by atoms with E-state index in [0.29, 0.717) is 6.04 Å². The lowest BCUT2D eigenvalue weighted by atomic mass is 9.94. The third kappa shape index (κ3) is 3.28. The molecule has 0 aromatic carbocycles. The van der Waals surface area contributed by atoms with Crippen LogP contribution in [0.15, 0.2) is 17.6 Å². The predicted molar refractivity (Wildman–Crippen MR) is 73.5 cm³/mol. The fourth-order valence-corrected chi connectivity index (χ4v) is 3.33. The molecule has 2 rings (SSSR count). The minimum absolute atomic E-state index is 0.0805. The number of aromatic nitrogens is 2. The van der Waals surface area contributed by atoms with Crippen molar-refractivity contribution in [3.05, 3.63) is 12.4 Å². The van der Waals surface area contributed by atoms with Gasteiger partial charge < -0.3 is 9.88 Å². The van der Waals surface area contributed by atoms with Crippen molar-refractivity contribution in [1.82, 2.24) is 14.9 Å². The van der Waals surface area contributed by atoms with Crippen LogP contribution < -0.4 is 0 Å². The summed E-state index contributed by atoms with van der Waals surface area (Å²) in [6.07, 6.45) is 9.62. The lowest BCUT2D eigenvalue weighted by Gasteiger charge is -2.32. The van der Waals surface area contributed by atoms with Gasteiger partial charge in [-0.25, -0.2) is 4.98 Å². The zero-order valence-electron chi connectivity index (χ0n) is 11.1. The zero-order chi connectivity index (χ0) is 13.0. The first-order valence-electron chi connectivity index (χ1n) is 6.61. The molecule has 1 N–H and O–H groups in total. The summed E-state index contributed by atoms with van der Waals surface area (Å²) in [6.45, 7) is 1.95. The van der Waals surface area contributed by atoms with Gasteiger partial charge in [-0.3, -0.25) is 4.79 Å². The molecule has 4 nitrogen and oxygen atoms in total. The molecule has 1 heterocycles. The molecule has 0 radical (unpaired) electrons. The predicted octanol–water partition coefficient (Wildman–Crippen LogP) is 2.68. The highest BCUT2D eigenvalue weighted by Gasteiger charge is 2.26. The minimum Gasteiger partial charge on any atom is -0.342 e. The Morgan fingerprint density at radius 3 is 2.83 bits per heavy atom. The summed E-state index contributed by atoms with van der Waals surface area (Å²) in [4.78, 5) is 21.4. The monoisotopic (exact) mass is 267 g/mol.